The smallest absolute Gasteiger partial charge is 0.416 e. The zero-order valence-electron chi connectivity index (χ0n) is 26.9. The number of carboxylic acid groups (broad SMARTS) is 1. The molecule has 48 heavy (non-hydrogen) atoms. The van der Waals surface area contributed by atoms with Crippen LogP contribution in [0.5, 0.6) is 0 Å². The minimum atomic E-state index is -4.71. The molecule has 1 saturated carbocycles. The molecule has 2 atom stereocenters. The van der Waals surface area contributed by atoms with Gasteiger partial charge >= 0.3 is 18.2 Å². The summed E-state index contributed by atoms with van der Waals surface area (Å²) in [5, 5.41) is 9.19. The molecule has 2 aromatic heterocycles. The third kappa shape index (κ3) is 7.96. The summed E-state index contributed by atoms with van der Waals surface area (Å²) in [5.41, 5.74) is -0.196. The molecule has 1 amide bonds. The number of anilines is 1. The summed E-state index contributed by atoms with van der Waals surface area (Å²) in [6.45, 7) is 5.16. The highest BCUT2D eigenvalue weighted by atomic mass is 32.1. The maximum absolute atomic E-state index is 13.6. The number of nitrogens with zero attached hydrogens (tertiary/aromatic N) is 4. The number of carbonyl (C=O) groups is 3. The topological polar surface area (TPSA) is 113 Å². The van der Waals surface area contributed by atoms with Gasteiger partial charge in [0.15, 0.2) is 11.6 Å². The molecule has 1 aliphatic heterocycles. The zero-order chi connectivity index (χ0) is 34.7. The summed E-state index contributed by atoms with van der Waals surface area (Å²) >= 11 is 1.27. The van der Waals surface area contributed by atoms with E-state index in [1.54, 1.807) is 25.3 Å². The van der Waals surface area contributed by atoms with Crippen molar-refractivity contribution in [2.24, 2.45) is 11.8 Å². The molecular formula is C34H38F4N4O5S. The number of aliphatic carboxylic acids is 1. The van der Waals surface area contributed by atoms with Crippen LogP contribution in [0.4, 0.5) is 28.2 Å². The van der Waals surface area contributed by atoms with Crippen LogP contribution in [0.25, 0.3) is 10.6 Å². The molecule has 3 aromatic rings. The first-order valence-corrected chi connectivity index (χ1v) is 16.8. The maximum Gasteiger partial charge on any atom is 0.416 e. The molecule has 1 aromatic carbocycles. The Morgan fingerprint density at radius 2 is 1.83 bits per heavy atom. The Morgan fingerprint density at radius 1 is 1.12 bits per heavy atom. The third-order valence-corrected chi connectivity index (χ3v) is 10.4. The highest BCUT2D eigenvalue weighted by molar-refractivity contribution is 7.17. The van der Waals surface area contributed by atoms with Gasteiger partial charge in [0.1, 0.15) is 18.5 Å². The largest absolute Gasteiger partial charge is 0.481 e. The average Bonchev–Trinajstić information content (AvgIpc) is 3.65. The van der Waals surface area contributed by atoms with Crippen LogP contribution < -0.4 is 4.90 Å². The van der Waals surface area contributed by atoms with Crippen LogP contribution in [0.3, 0.4) is 0 Å². The fourth-order valence-corrected chi connectivity index (χ4v) is 7.42. The molecule has 0 radical (unpaired) electrons. The summed E-state index contributed by atoms with van der Waals surface area (Å²) in [7, 11) is 0. The van der Waals surface area contributed by atoms with Crippen LogP contribution >= 0.6 is 11.3 Å². The van der Waals surface area contributed by atoms with E-state index in [2.05, 4.69) is 4.90 Å². The summed E-state index contributed by atoms with van der Waals surface area (Å²) in [6, 6.07) is 5.68. The number of cyclic esters (lactones) is 1. The molecule has 258 valence electrons. The Morgan fingerprint density at radius 3 is 2.44 bits per heavy atom. The number of carboxylic acids is 1. The van der Waals surface area contributed by atoms with Crippen LogP contribution in [0.2, 0.25) is 0 Å². The lowest BCUT2D eigenvalue weighted by molar-refractivity contribution is -0.139. The van der Waals surface area contributed by atoms with Crippen molar-refractivity contribution < 1.29 is 41.8 Å². The van der Waals surface area contributed by atoms with Gasteiger partial charge in [0, 0.05) is 19.5 Å². The minimum Gasteiger partial charge on any atom is -0.481 e. The van der Waals surface area contributed by atoms with Gasteiger partial charge in [-0.25, -0.2) is 19.2 Å². The van der Waals surface area contributed by atoms with Crippen molar-refractivity contribution in [3.8, 4) is 10.6 Å². The number of rotatable bonds is 12. The average molecular weight is 691 g/mol. The van der Waals surface area contributed by atoms with E-state index in [0.29, 0.717) is 46.0 Å². The molecule has 1 aliphatic carbocycles. The second kappa shape index (κ2) is 14.6. The monoisotopic (exact) mass is 690 g/mol. The lowest BCUT2D eigenvalue weighted by Gasteiger charge is -2.33. The molecule has 1 saturated heterocycles. The summed E-state index contributed by atoms with van der Waals surface area (Å²) in [4.78, 5) is 50.9. The normalized spacial score (nSPS) is 21.3. The maximum atomic E-state index is 13.6. The van der Waals surface area contributed by atoms with E-state index in [0.717, 1.165) is 37.8 Å². The molecular weight excluding hydrogens is 652 g/mol. The first kappa shape index (κ1) is 35.2. The highest BCUT2D eigenvalue weighted by Crippen LogP contribution is 2.39. The Labute approximate surface area is 279 Å². The van der Waals surface area contributed by atoms with Gasteiger partial charge < -0.3 is 14.7 Å². The number of aromatic nitrogens is 2. The molecule has 1 unspecified atom stereocenters. The molecule has 0 bridgehead atoms. The van der Waals surface area contributed by atoms with Crippen LogP contribution in [0, 0.1) is 11.8 Å². The Kier molecular flexibility index (Phi) is 10.7. The van der Waals surface area contributed by atoms with Crippen LogP contribution in [-0.4, -0.2) is 57.0 Å². The van der Waals surface area contributed by atoms with Gasteiger partial charge in [0.25, 0.3) is 0 Å². The van der Waals surface area contributed by atoms with Gasteiger partial charge in [-0.2, -0.15) is 13.2 Å². The van der Waals surface area contributed by atoms with Crippen molar-refractivity contribution in [2.45, 2.75) is 84.4 Å². The number of hydrogen-bond donors (Lipinski definition) is 1. The summed E-state index contributed by atoms with van der Waals surface area (Å²) < 4.78 is 60.0. The van der Waals surface area contributed by atoms with Crippen molar-refractivity contribution >= 4 is 35.0 Å². The van der Waals surface area contributed by atoms with E-state index < -0.39 is 42.6 Å². The molecule has 2 aliphatic rings. The number of ether oxygens (including phenoxy) is 1. The molecule has 5 rings (SSSR count). The standard InChI is InChI=1S/C34H38F4N4O5S/c1-4-41(17-22-7-5-21(6-8-22)13-30(44)45)32-27(40-26(16-39-32)29-10-9-28(48-29)20(3)43)18-42-19(2)31(47-33(42)46)24-11-23(15-35)12-25(14-24)34(36,37)38/h9-12,14,16,19,21-22,31H,4-8,13,15,17-18H2,1-3H3,(H,44,45)/t19-,21-,22-,31?/m0/s1. The molecule has 14 heteroatoms. The quantitative estimate of drug-likeness (QED) is 0.150. The Bertz CT molecular complexity index is 1660. The minimum absolute atomic E-state index is 0.0462. The lowest BCUT2D eigenvalue weighted by atomic mass is 9.80. The van der Waals surface area contributed by atoms with E-state index in [-0.39, 0.29) is 35.8 Å². The second-order valence-electron chi connectivity index (χ2n) is 12.5. The fraction of sp³-hybridized carbons (Fsp3) is 0.500. The van der Waals surface area contributed by atoms with E-state index >= 15 is 0 Å². The number of hydrogen-bond acceptors (Lipinski definition) is 8. The van der Waals surface area contributed by atoms with Gasteiger partial charge in [-0.05, 0) is 99.7 Å². The molecule has 2 fully saturated rings. The lowest BCUT2D eigenvalue weighted by Crippen LogP contribution is -2.36. The molecule has 3 heterocycles. The number of amides is 1. The Balaban J connectivity index is 1.45. The van der Waals surface area contributed by atoms with Crippen molar-refractivity contribution in [3.05, 3.63) is 63.8 Å². The molecule has 1 N–H and O–H groups in total. The van der Waals surface area contributed by atoms with Crippen LogP contribution in [0.15, 0.2) is 36.5 Å². The van der Waals surface area contributed by atoms with E-state index in [1.165, 1.54) is 29.2 Å². The third-order valence-electron chi connectivity index (χ3n) is 9.16. The van der Waals surface area contributed by atoms with Gasteiger partial charge in [0.05, 0.1) is 39.8 Å². The number of alkyl halides is 4. The van der Waals surface area contributed by atoms with Crippen molar-refractivity contribution in [1.82, 2.24) is 14.9 Å². The van der Waals surface area contributed by atoms with Gasteiger partial charge in [0.2, 0.25) is 0 Å². The van der Waals surface area contributed by atoms with E-state index in [4.69, 9.17) is 14.7 Å². The highest BCUT2D eigenvalue weighted by Gasteiger charge is 2.42. The predicted octanol–water partition coefficient (Wildman–Crippen LogP) is 8.09. The van der Waals surface area contributed by atoms with Gasteiger partial charge in [-0.15, -0.1) is 11.3 Å². The first-order valence-electron chi connectivity index (χ1n) is 15.9. The molecule has 0 spiro atoms. The number of carbonyl (C=O) groups excluding carboxylic acids is 2. The van der Waals surface area contributed by atoms with Gasteiger partial charge in [-0.3, -0.25) is 14.5 Å². The SMILES string of the molecule is CCN(C[C@H]1CC[C@H](CC(=O)O)CC1)c1ncc(-c2ccc(C(C)=O)s2)nc1CN1C(=O)OC(c2cc(CF)cc(C(F)(F)F)c2)[C@@H]1C. The van der Waals surface area contributed by atoms with Crippen molar-refractivity contribution in [2.75, 3.05) is 18.0 Å². The summed E-state index contributed by atoms with van der Waals surface area (Å²) in [6.07, 6.45) is -1.38. The molecule has 9 nitrogen and oxygen atoms in total. The Hall–Kier alpha value is -4.07. The predicted molar refractivity (Wildman–Crippen MR) is 171 cm³/mol. The van der Waals surface area contributed by atoms with Crippen molar-refractivity contribution in [3.63, 3.8) is 0 Å². The first-order chi connectivity index (χ1) is 22.8. The van der Waals surface area contributed by atoms with Crippen LogP contribution in [-0.2, 0) is 28.9 Å². The van der Waals surface area contributed by atoms with E-state index in [9.17, 15) is 37.1 Å². The summed E-state index contributed by atoms with van der Waals surface area (Å²) in [5.74, 6) is 0.117. The number of thiophene rings is 1. The second-order valence-corrected chi connectivity index (χ2v) is 13.6. The number of ketones is 1. The number of Topliss-reactive ketones (excluding diaryl/α,β-unsaturated/α-hetero) is 1. The number of benzene rings is 1. The van der Waals surface area contributed by atoms with E-state index in [1.807, 2.05) is 6.92 Å². The zero-order valence-corrected chi connectivity index (χ0v) is 27.7. The fourth-order valence-electron chi connectivity index (χ4n) is 6.56. The number of halogens is 4. The van der Waals surface area contributed by atoms with Gasteiger partial charge in [-0.1, -0.05) is 0 Å². The van der Waals surface area contributed by atoms with Crippen LogP contribution in [0.1, 0.15) is 91.0 Å². The van der Waals surface area contributed by atoms with Crippen molar-refractivity contribution in [1.29, 1.82) is 0 Å².